The van der Waals surface area contributed by atoms with Gasteiger partial charge in [-0.25, -0.2) is 4.98 Å². The number of nitrogens with one attached hydrogen (secondary N) is 1. The molecule has 0 aliphatic carbocycles. The maximum absolute atomic E-state index is 11.4. The van der Waals surface area contributed by atoms with Gasteiger partial charge in [0.1, 0.15) is 0 Å². The molecule has 2 aliphatic rings. The third-order valence-corrected chi connectivity index (χ3v) is 4.99. The van der Waals surface area contributed by atoms with E-state index in [9.17, 15) is 4.79 Å². The summed E-state index contributed by atoms with van der Waals surface area (Å²) in [6.07, 6.45) is 2.68. The van der Waals surface area contributed by atoms with Crippen LogP contribution < -0.4 is 16.0 Å². The van der Waals surface area contributed by atoms with Crippen molar-refractivity contribution in [3.8, 4) is 0 Å². The Hall–Kier alpha value is -1.14. The quantitative estimate of drug-likeness (QED) is 0.856. The molecule has 3 N–H and O–H groups in total. The summed E-state index contributed by atoms with van der Waals surface area (Å²) in [4.78, 5) is 18.4. The van der Waals surface area contributed by atoms with Crippen LogP contribution in [0.4, 0.5) is 5.13 Å². The fourth-order valence-electron chi connectivity index (χ4n) is 2.91. The number of hydrogen-bond acceptors (Lipinski definition) is 5. The lowest BCUT2D eigenvalue weighted by molar-refractivity contribution is -0.124. The standard InChI is InChI=1S/C13H20N4OS/c1-8(14)11-7-19-13(16-11)17-5-4-10-9(6-17)2-3-12(18)15-10/h7-10H,2-6,14H2,1H3,(H,15,18). The number of aromatic nitrogens is 1. The first-order valence-electron chi connectivity index (χ1n) is 6.89. The Labute approximate surface area is 117 Å². The number of thiazole rings is 1. The van der Waals surface area contributed by atoms with Crippen LogP contribution in [-0.2, 0) is 4.79 Å². The van der Waals surface area contributed by atoms with E-state index in [1.807, 2.05) is 6.92 Å². The normalized spacial score (nSPS) is 28.7. The first kappa shape index (κ1) is 12.9. The van der Waals surface area contributed by atoms with Crippen molar-refractivity contribution in [1.29, 1.82) is 0 Å². The van der Waals surface area contributed by atoms with E-state index in [1.54, 1.807) is 11.3 Å². The predicted octanol–water partition coefficient (Wildman–Crippen LogP) is 1.27. The van der Waals surface area contributed by atoms with Gasteiger partial charge in [0, 0.05) is 37.0 Å². The molecule has 0 saturated carbocycles. The van der Waals surface area contributed by atoms with Crippen molar-refractivity contribution in [2.24, 2.45) is 11.7 Å². The van der Waals surface area contributed by atoms with E-state index in [0.717, 1.165) is 36.8 Å². The third-order valence-electron chi connectivity index (χ3n) is 4.07. The molecule has 104 valence electrons. The number of hydrogen-bond donors (Lipinski definition) is 2. The zero-order chi connectivity index (χ0) is 13.4. The highest BCUT2D eigenvalue weighted by molar-refractivity contribution is 7.13. The van der Waals surface area contributed by atoms with Crippen molar-refractivity contribution >= 4 is 22.4 Å². The molecule has 2 fully saturated rings. The molecule has 0 bridgehead atoms. The first-order valence-corrected chi connectivity index (χ1v) is 7.77. The lowest BCUT2D eigenvalue weighted by atomic mass is 9.85. The number of piperidine rings is 2. The lowest BCUT2D eigenvalue weighted by Gasteiger charge is -2.41. The molecule has 2 saturated heterocycles. The SMILES string of the molecule is CC(N)c1csc(N2CCC3NC(=O)CCC3C2)n1. The van der Waals surface area contributed by atoms with Gasteiger partial charge in [0.15, 0.2) is 5.13 Å². The van der Waals surface area contributed by atoms with Crippen molar-refractivity contribution in [2.45, 2.75) is 38.3 Å². The maximum atomic E-state index is 11.4. The van der Waals surface area contributed by atoms with Crippen LogP contribution in [0.5, 0.6) is 0 Å². The summed E-state index contributed by atoms with van der Waals surface area (Å²) >= 11 is 1.67. The van der Waals surface area contributed by atoms with E-state index in [1.165, 1.54) is 0 Å². The second-order valence-electron chi connectivity index (χ2n) is 5.55. The predicted molar refractivity (Wildman–Crippen MR) is 76.2 cm³/mol. The highest BCUT2D eigenvalue weighted by Crippen LogP contribution is 2.31. The zero-order valence-corrected chi connectivity index (χ0v) is 11.9. The van der Waals surface area contributed by atoms with Gasteiger partial charge in [0.05, 0.1) is 5.69 Å². The van der Waals surface area contributed by atoms with Gasteiger partial charge in [-0.3, -0.25) is 4.79 Å². The van der Waals surface area contributed by atoms with Gasteiger partial charge in [0.25, 0.3) is 0 Å². The van der Waals surface area contributed by atoms with Gasteiger partial charge in [0.2, 0.25) is 5.91 Å². The Morgan fingerprint density at radius 2 is 2.42 bits per heavy atom. The van der Waals surface area contributed by atoms with E-state index in [2.05, 4.69) is 20.6 Å². The van der Waals surface area contributed by atoms with Crippen LogP contribution in [0, 0.1) is 5.92 Å². The Morgan fingerprint density at radius 1 is 1.58 bits per heavy atom. The molecule has 1 aromatic heterocycles. The molecule has 19 heavy (non-hydrogen) atoms. The molecular formula is C13H20N4OS. The smallest absolute Gasteiger partial charge is 0.220 e. The molecule has 3 rings (SSSR count). The fraction of sp³-hybridized carbons (Fsp3) is 0.692. The fourth-order valence-corrected chi connectivity index (χ4v) is 3.88. The summed E-state index contributed by atoms with van der Waals surface area (Å²) in [7, 11) is 0. The van der Waals surface area contributed by atoms with Gasteiger partial charge in [-0.1, -0.05) is 0 Å². The molecule has 3 heterocycles. The molecule has 3 unspecified atom stereocenters. The number of amides is 1. The molecule has 0 spiro atoms. The van der Waals surface area contributed by atoms with Crippen LogP contribution in [0.2, 0.25) is 0 Å². The van der Waals surface area contributed by atoms with Crippen molar-refractivity contribution in [2.75, 3.05) is 18.0 Å². The molecule has 2 aliphatic heterocycles. The molecule has 1 aromatic rings. The van der Waals surface area contributed by atoms with Crippen LogP contribution in [0.3, 0.4) is 0 Å². The van der Waals surface area contributed by atoms with E-state index in [-0.39, 0.29) is 11.9 Å². The average molecular weight is 280 g/mol. The summed E-state index contributed by atoms with van der Waals surface area (Å²) in [5.74, 6) is 0.775. The highest BCUT2D eigenvalue weighted by Gasteiger charge is 2.34. The number of nitrogens with two attached hydrogens (primary N) is 1. The van der Waals surface area contributed by atoms with Gasteiger partial charge in [-0.15, -0.1) is 11.3 Å². The topological polar surface area (TPSA) is 71.2 Å². The van der Waals surface area contributed by atoms with E-state index >= 15 is 0 Å². The maximum Gasteiger partial charge on any atom is 0.220 e. The van der Waals surface area contributed by atoms with Crippen LogP contribution in [0.25, 0.3) is 0 Å². The summed E-state index contributed by atoms with van der Waals surface area (Å²) in [5.41, 5.74) is 6.83. The lowest BCUT2D eigenvalue weighted by Crippen LogP contribution is -2.54. The summed E-state index contributed by atoms with van der Waals surface area (Å²) in [6, 6.07) is 0.363. The van der Waals surface area contributed by atoms with Crippen molar-refractivity contribution in [3.05, 3.63) is 11.1 Å². The van der Waals surface area contributed by atoms with E-state index in [0.29, 0.717) is 18.4 Å². The first-order chi connectivity index (χ1) is 9.13. The number of nitrogens with zero attached hydrogens (tertiary/aromatic N) is 2. The number of carbonyl (C=O) groups excluding carboxylic acids is 1. The molecule has 1 amide bonds. The minimum absolute atomic E-state index is 0.00323. The number of anilines is 1. The van der Waals surface area contributed by atoms with Crippen molar-refractivity contribution < 1.29 is 4.79 Å². The minimum atomic E-state index is -0.00323. The Morgan fingerprint density at radius 3 is 3.16 bits per heavy atom. The second-order valence-corrected chi connectivity index (χ2v) is 6.39. The van der Waals surface area contributed by atoms with Crippen LogP contribution in [0.1, 0.15) is 37.9 Å². The van der Waals surface area contributed by atoms with E-state index in [4.69, 9.17) is 5.73 Å². The minimum Gasteiger partial charge on any atom is -0.353 e. The van der Waals surface area contributed by atoms with E-state index < -0.39 is 0 Å². The van der Waals surface area contributed by atoms with Gasteiger partial charge >= 0.3 is 0 Å². The number of rotatable bonds is 2. The Kier molecular flexibility index (Phi) is 3.45. The monoisotopic (exact) mass is 280 g/mol. The molecule has 0 aromatic carbocycles. The molecule has 0 radical (unpaired) electrons. The average Bonchev–Trinajstić information content (AvgIpc) is 2.88. The highest BCUT2D eigenvalue weighted by atomic mass is 32.1. The second kappa shape index (κ2) is 5.09. The van der Waals surface area contributed by atoms with Crippen LogP contribution >= 0.6 is 11.3 Å². The van der Waals surface area contributed by atoms with Gasteiger partial charge in [-0.2, -0.15) is 0 Å². The summed E-state index contributed by atoms with van der Waals surface area (Å²) < 4.78 is 0. The largest absolute Gasteiger partial charge is 0.353 e. The summed E-state index contributed by atoms with van der Waals surface area (Å²) in [6.45, 7) is 3.92. The molecular weight excluding hydrogens is 260 g/mol. The molecule has 3 atom stereocenters. The Bertz CT molecular complexity index is 473. The summed E-state index contributed by atoms with van der Waals surface area (Å²) in [5, 5.41) is 6.23. The van der Waals surface area contributed by atoms with Crippen molar-refractivity contribution in [1.82, 2.24) is 10.3 Å². The van der Waals surface area contributed by atoms with Gasteiger partial charge < -0.3 is 16.0 Å². The van der Waals surface area contributed by atoms with Crippen LogP contribution in [0.15, 0.2) is 5.38 Å². The Balaban J connectivity index is 1.68. The zero-order valence-electron chi connectivity index (χ0n) is 11.1. The number of carbonyl (C=O) groups is 1. The number of fused-ring (bicyclic) bond motifs is 1. The molecule has 6 heteroatoms. The van der Waals surface area contributed by atoms with Gasteiger partial charge in [-0.05, 0) is 25.7 Å². The van der Waals surface area contributed by atoms with Crippen molar-refractivity contribution in [3.63, 3.8) is 0 Å². The van der Waals surface area contributed by atoms with Crippen LogP contribution in [-0.4, -0.2) is 30.0 Å². The molecule has 5 nitrogen and oxygen atoms in total. The third kappa shape index (κ3) is 2.60.